The number of amides is 1. The van der Waals surface area contributed by atoms with E-state index in [9.17, 15) is 9.18 Å². The number of carbonyl (C=O) groups is 1. The van der Waals surface area contributed by atoms with Crippen molar-refractivity contribution in [2.24, 2.45) is 0 Å². The lowest BCUT2D eigenvalue weighted by Crippen LogP contribution is -2.41. The first-order valence-electron chi connectivity index (χ1n) is 9.03. The number of imidazole rings is 1. The number of fused-ring (bicyclic) bond motifs is 1. The predicted octanol–water partition coefficient (Wildman–Crippen LogP) is 2.20. The summed E-state index contributed by atoms with van der Waals surface area (Å²) in [7, 11) is 0. The second kappa shape index (κ2) is 7.30. The molecule has 0 bridgehead atoms. The van der Waals surface area contributed by atoms with Crippen LogP contribution in [-0.2, 0) is 24.3 Å². The van der Waals surface area contributed by atoms with Gasteiger partial charge in [-0.3, -0.25) is 4.79 Å². The summed E-state index contributed by atoms with van der Waals surface area (Å²) in [6, 6.07) is 6.49. The molecule has 0 saturated carbocycles. The summed E-state index contributed by atoms with van der Waals surface area (Å²) in [6.07, 6.45) is 5.70. The van der Waals surface area contributed by atoms with E-state index in [-0.39, 0.29) is 24.2 Å². The van der Waals surface area contributed by atoms with Gasteiger partial charge in [-0.05, 0) is 25.0 Å². The molecule has 1 aliphatic heterocycles. The number of nitrogens with zero attached hydrogens (tertiary/aromatic N) is 6. The van der Waals surface area contributed by atoms with Gasteiger partial charge in [0, 0.05) is 19.5 Å². The Balaban J connectivity index is 1.44. The molecular formula is C19H21FN6O. The highest BCUT2D eigenvalue weighted by molar-refractivity contribution is 5.77. The van der Waals surface area contributed by atoms with Gasteiger partial charge in [-0.2, -0.15) is 5.10 Å². The fraction of sp³-hybridized carbons (Fsp3) is 0.368. The molecule has 1 aliphatic rings. The zero-order valence-electron chi connectivity index (χ0n) is 15.1. The molecule has 1 amide bonds. The molecule has 1 aromatic carbocycles. The van der Waals surface area contributed by atoms with Crippen molar-refractivity contribution in [1.29, 1.82) is 0 Å². The minimum absolute atomic E-state index is 0.0258. The molecule has 1 atom stereocenters. The second-order valence-electron chi connectivity index (χ2n) is 6.71. The molecule has 0 radical (unpaired) electrons. The van der Waals surface area contributed by atoms with Gasteiger partial charge in [0.2, 0.25) is 5.91 Å². The molecule has 4 rings (SSSR count). The van der Waals surface area contributed by atoms with Crippen LogP contribution < -0.4 is 0 Å². The average molecular weight is 368 g/mol. The highest BCUT2D eigenvalue weighted by Crippen LogP contribution is 2.26. The number of hydrogen-bond acceptors (Lipinski definition) is 4. The molecule has 140 valence electrons. The smallest absolute Gasteiger partial charge is 0.223 e. The van der Waals surface area contributed by atoms with Crippen LogP contribution in [0.3, 0.4) is 0 Å². The molecule has 3 heterocycles. The van der Waals surface area contributed by atoms with Gasteiger partial charge in [-0.15, -0.1) is 0 Å². The Hall–Kier alpha value is -3.03. The zero-order chi connectivity index (χ0) is 18.8. The lowest BCUT2D eigenvalue weighted by Gasteiger charge is -2.34. The quantitative estimate of drug-likeness (QED) is 0.692. The van der Waals surface area contributed by atoms with Crippen molar-refractivity contribution >= 4 is 5.91 Å². The van der Waals surface area contributed by atoms with E-state index in [1.807, 2.05) is 18.0 Å². The molecule has 1 unspecified atom stereocenters. The molecule has 0 fully saturated rings. The molecule has 0 aliphatic carbocycles. The van der Waals surface area contributed by atoms with E-state index in [1.165, 1.54) is 12.4 Å². The first-order chi connectivity index (χ1) is 13.1. The van der Waals surface area contributed by atoms with Gasteiger partial charge >= 0.3 is 0 Å². The Morgan fingerprint density at radius 1 is 1.30 bits per heavy atom. The first-order valence-corrected chi connectivity index (χ1v) is 9.03. The Labute approximate surface area is 156 Å². The molecular weight excluding hydrogens is 347 g/mol. The number of aromatic nitrogens is 5. The third kappa shape index (κ3) is 3.47. The van der Waals surface area contributed by atoms with Crippen LogP contribution in [0.1, 0.15) is 36.5 Å². The number of aryl methyl sites for hydroxylation is 1. The first kappa shape index (κ1) is 17.4. The highest BCUT2D eigenvalue weighted by Gasteiger charge is 2.30. The van der Waals surface area contributed by atoms with Crippen molar-refractivity contribution in [1.82, 2.24) is 29.2 Å². The topological polar surface area (TPSA) is 68.8 Å². The number of halogens is 1. The van der Waals surface area contributed by atoms with Gasteiger partial charge in [-0.1, -0.05) is 18.2 Å². The maximum atomic E-state index is 13.8. The number of carbonyl (C=O) groups excluding carboxylic acids is 1. The van der Waals surface area contributed by atoms with Gasteiger partial charge in [0.25, 0.3) is 0 Å². The van der Waals surface area contributed by atoms with E-state index < -0.39 is 0 Å². The number of rotatable bonds is 5. The Kier molecular flexibility index (Phi) is 4.70. The third-order valence-corrected chi connectivity index (χ3v) is 5.05. The van der Waals surface area contributed by atoms with Crippen molar-refractivity contribution in [3.8, 4) is 0 Å². The Morgan fingerprint density at radius 3 is 2.93 bits per heavy atom. The minimum atomic E-state index is -0.259. The van der Waals surface area contributed by atoms with Gasteiger partial charge < -0.3 is 9.47 Å². The summed E-state index contributed by atoms with van der Waals surface area (Å²) in [5.74, 6) is 0.638. The Bertz CT molecular complexity index is 936. The molecule has 2 aromatic heterocycles. The van der Waals surface area contributed by atoms with E-state index >= 15 is 0 Å². The van der Waals surface area contributed by atoms with Crippen LogP contribution in [0.25, 0.3) is 0 Å². The molecule has 7 nitrogen and oxygen atoms in total. The maximum Gasteiger partial charge on any atom is 0.223 e. The fourth-order valence-corrected chi connectivity index (χ4v) is 3.59. The van der Waals surface area contributed by atoms with Crippen molar-refractivity contribution in [3.63, 3.8) is 0 Å². The average Bonchev–Trinajstić information content (AvgIpc) is 3.32. The van der Waals surface area contributed by atoms with Crippen LogP contribution >= 0.6 is 0 Å². The summed E-state index contributed by atoms with van der Waals surface area (Å²) < 4.78 is 17.7. The van der Waals surface area contributed by atoms with Crippen LogP contribution in [0.15, 0.2) is 43.1 Å². The van der Waals surface area contributed by atoms with Gasteiger partial charge in [0.05, 0.1) is 24.5 Å². The summed E-state index contributed by atoms with van der Waals surface area (Å²) in [6.45, 7) is 3.89. The summed E-state index contributed by atoms with van der Waals surface area (Å²) >= 11 is 0. The van der Waals surface area contributed by atoms with Crippen molar-refractivity contribution in [2.75, 3.05) is 6.54 Å². The summed E-state index contributed by atoms with van der Waals surface area (Å²) in [4.78, 5) is 23.0. The minimum Gasteiger partial charge on any atom is -0.331 e. The lowest BCUT2D eigenvalue weighted by atomic mass is 10.1. The lowest BCUT2D eigenvalue weighted by molar-refractivity contribution is -0.134. The van der Waals surface area contributed by atoms with Crippen LogP contribution in [0.4, 0.5) is 4.39 Å². The van der Waals surface area contributed by atoms with E-state index in [2.05, 4.69) is 19.6 Å². The third-order valence-electron chi connectivity index (χ3n) is 5.05. The zero-order valence-corrected chi connectivity index (χ0v) is 15.1. The molecule has 0 N–H and O–H groups in total. The van der Waals surface area contributed by atoms with Crippen molar-refractivity contribution < 1.29 is 9.18 Å². The van der Waals surface area contributed by atoms with Gasteiger partial charge in [-0.25, -0.2) is 19.0 Å². The summed E-state index contributed by atoms with van der Waals surface area (Å²) in [5, 5.41) is 4.13. The van der Waals surface area contributed by atoms with Crippen LogP contribution in [0.2, 0.25) is 0 Å². The van der Waals surface area contributed by atoms with Gasteiger partial charge in [0.1, 0.15) is 24.3 Å². The number of benzene rings is 1. The van der Waals surface area contributed by atoms with Gasteiger partial charge in [0.15, 0.2) is 0 Å². The molecule has 27 heavy (non-hydrogen) atoms. The largest absolute Gasteiger partial charge is 0.331 e. The van der Waals surface area contributed by atoms with Crippen molar-refractivity contribution in [3.05, 3.63) is 66.0 Å². The monoisotopic (exact) mass is 368 g/mol. The van der Waals surface area contributed by atoms with E-state index in [0.29, 0.717) is 31.6 Å². The Morgan fingerprint density at radius 2 is 2.15 bits per heavy atom. The van der Waals surface area contributed by atoms with E-state index in [4.69, 9.17) is 0 Å². The second-order valence-corrected chi connectivity index (χ2v) is 6.71. The fourth-order valence-electron chi connectivity index (χ4n) is 3.59. The predicted molar refractivity (Wildman–Crippen MR) is 96.2 cm³/mol. The van der Waals surface area contributed by atoms with Crippen LogP contribution in [-0.4, -0.2) is 41.7 Å². The number of hydrogen-bond donors (Lipinski definition) is 0. The van der Waals surface area contributed by atoms with E-state index in [1.54, 1.807) is 29.2 Å². The van der Waals surface area contributed by atoms with Crippen LogP contribution in [0.5, 0.6) is 0 Å². The SMILES string of the molecule is CC1c2ncc(Cn3cncn3)n2CCN1C(=O)CCc1ccccc1F. The molecule has 0 spiro atoms. The maximum absolute atomic E-state index is 13.8. The molecule has 3 aromatic rings. The molecule has 8 heteroatoms. The highest BCUT2D eigenvalue weighted by atomic mass is 19.1. The van der Waals surface area contributed by atoms with Crippen LogP contribution in [0, 0.1) is 5.82 Å². The standard InChI is InChI=1S/C19H21FN6O/c1-14-19-22-10-16(11-24-13-21-12-23-24)26(19)9-8-25(14)18(27)7-6-15-4-2-3-5-17(15)20/h2-5,10,12-14H,6-9,11H2,1H3. The normalized spacial score (nSPS) is 16.4. The van der Waals surface area contributed by atoms with Crippen molar-refractivity contribution in [2.45, 2.75) is 38.9 Å². The summed E-state index contributed by atoms with van der Waals surface area (Å²) in [5.41, 5.74) is 1.62. The molecule has 0 saturated heterocycles. The van der Waals surface area contributed by atoms with E-state index in [0.717, 1.165) is 11.5 Å².